The van der Waals surface area contributed by atoms with Crippen molar-refractivity contribution in [3.63, 3.8) is 0 Å². The molecule has 0 aliphatic rings. The maximum atomic E-state index is 12.5. The number of nitrogens with one attached hydrogen (secondary N) is 1. The van der Waals surface area contributed by atoms with E-state index in [0.29, 0.717) is 5.69 Å². The van der Waals surface area contributed by atoms with Crippen LogP contribution in [-0.4, -0.2) is 37.7 Å². The van der Waals surface area contributed by atoms with Gasteiger partial charge in [-0.25, -0.2) is 18.4 Å². The van der Waals surface area contributed by atoms with Gasteiger partial charge >= 0.3 is 0 Å². The molecule has 0 spiro atoms. The van der Waals surface area contributed by atoms with Gasteiger partial charge in [0.2, 0.25) is 0 Å². The number of benzene rings is 2. The molecule has 9 heteroatoms. The predicted octanol–water partition coefficient (Wildman–Crippen LogP) is 3.46. The molecule has 1 aromatic heterocycles. The molecule has 0 saturated carbocycles. The molecule has 7 nitrogen and oxygen atoms in total. The number of amides is 1. The van der Waals surface area contributed by atoms with E-state index in [0.717, 1.165) is 17.6 Å². The van der Waals surface area contributed by atoms with Crippen LogP contribution in [0.2, 0.25) is 5.02 Å². The van der Waals surface area contributed by atoms with Crippen LogP contribution in [-0.2, 0) is 9.84 Å². The molecule has 3 rings (SSSR count). The second kappa shape index (κ2) is 7.95. The fourth-order valence-electron chi connectivity index (χ4n) is 2.46. The van der Waals surface area contributed by atoms with Crippen LogP contribution in [0.4, 0.5) is 5.82 Å². The number of ether oxygens (including phenoxy) is 1. The van der Waals surface area contributed by atoms with Gasteiger partial charge in [-0.2, -0.15) is 0 Å². The van der Waals surface area contributed by atoms with E-state index >= 15 is 0 Å². The van der Waals surface area contributed by atoms with Crippen LogP contribution in [0.3, 0.4) is 0 Å². The summed E-state index contributed by atoms with van der Waals surface area (Å²) < 4.78 is 28.7. The second-order valence-electron chi connectivity index (χ2n) is 5.89. The Bertz CT molecular complexity index is 1130. The standard InChI is InChI=1S/C19H16ClN3O4S/c1-27-14-6-3-12(4-7-14)16-10-18(22-11-21-16)23-19(24)13-5-8-15(20)17(9-13)28(2,25)26/h3-11H,1-2H3,(H,21,22,23,24). The Morgan fingerprint density at radius 1 is 1.07 bits per heavy atom. The molecular weight excluding hydrogens is 402 g/mol. The lowest BCUT2D eigenvalue weighted by Crippen LogP contribution is -2.14. The first-order valence-corrected chi connectivity index (χ1v) is 10.3. The molecule has 1 N–H and O–H groups in total. The number of halogens is 1. The number of rotatable bonds is 5. The molecule has 0 radical (unpaired) electrons. The fraction of sp³-hybridized carbons (Fsp3) is 0.105. The van der Waals surface area contributed by atoms with Gasteiger partial charge < -0.3 is 10.1 Å². The van der Waals surface area contributed by atoms with Gasteiger partial charge in [-0.1, -0.05) is 11.6 Å². The maximum absolute atomic E-state index is 12.5. The van der Waals surface area contributed by atoms with Crippen molar-refractivity contribution in [1.82, 2.24) is 9.97 Å². The minimum absolute atomic E-state index is 0.0582. The number of aromatic nitrogens is 2. The summed E-state index contributed by atoms with van der Waals surface area (Å²) in [7, 11) is -1.98. The molecule has 0 aliphatic carbocycles. The number of nitrogens with zero attached hydrogens (tertiary/aromatic N) is 2. The molecule has 0 atom stereocenters. The van der Waals surface area contributed by atoms with Crippen molar-refractivity contribution in [2.45, 2.75) is 4.90 Å². The lowest BCUT2D eigenvalue weighted by atomic mass is 10.1. The van der Waals surface area contributed by atoms with Gasteiger partial charge in [0.25, 0.3) is 5.91 Å². The zero-order valence-corrected chi connectivity index (χ0v) is 16.6. The first kappa shape index (κ1) is 19.8. The normalized spacial score (nSPS) is 11.1. The van der Waals surface area contributed by atoms with E-state index in [4.69, 9.17) is 16.3 Å². The number of sulfone groups is 1. The third-order valence-corrected chi connectivity index (χ3v) is 5.47. The zero-order chi connectivity index (χ0) is 20.3. The number of carbonyl (C=O) groups is 1. The third kappa shape index (κ3) is 4.47. The highest BCUT2D eigenvalue weighted by molar-refractivity contribution is 7.90. The monoisotopic (exact) mass is 417 g/mol. The summed E-state index contributed by atoms with van der Waals surface area (Å²) in [6.45, 7) is 0. The molecule has 0 aliphatic heterocycles. The summed E-state index contributed by atoms with van der Waals surface area (Å²) in [5, 5.41) is 2.69. The van der Waals surface area contributed by atoms with Crippen molar-refractivity contribution in [3.05, 3.63) is 65.4 Å². The molecule has 0 fully saturated rings. The van der Waals surface area contributed by atoms with Crippen molar-refractivity contribution in [1.29, 1.82) is 0 Å². The van der Waals surface area contributed by atoms with E-state index in [1.54, 1.807) is 25.3 Å². The first-order valence-electron chi connectivity index (χ1n) is 8.05. The lowest BCUT2D eigenvalue weighted by molar-refractivity contribution is 0.102. The Balaban J connectivity index is 1.85. The summed E-state index contributed by atoms with van der Waals surface area (Å²) in [6, 6.07) is 12.9. The van der Waals surface area contributed by atoms with Crippen LogP contribution >= 0.6 is 11.6 Å². The molecule has 1 amide bonds. The van der Waals surface area contributed by atoms with Gasteiger partial charge in [-0.05, 0) is 42.5 Å². The van der Waals surface area contributed by atoms with Crippen LogP contribution in [0.15, 0.2) is 59.8 Å². The van der Waals surface area contributed by atoms with E-state index in [9.17, 15) is 13.2 Å². The molecule has 144 valence electrons. The number of hydrogen-bond donors (Lipinski definition) is 1. The van der Waals surface area contributed by atoms with Crippen LogP contribution in [0.1, 0.15) is 10.4 Å². The largest absolute Gasteiger partial charge is 0.497 e. The van der Waals surface area contributed by atoms with Gasteiger partial charge in [-0.15, -0.1) is 0 Å². The molecule has 1 heterocycles. The Kier molecular flexibility index (Phi) is 5.62. The minimum Gasteiger partial charge on any atom is -0.497 e. The van der Waals surface area contributed by atoms with Crippen LogP contribution in [0.5, 0.6) is 5.75 Å². The van der Waals surface area contributed by atoms with Crippen LogP contribution in [0.25, 0.3) is 11.3 Å². The molecular formula is C19H16ClN3O4S. The summed E-state index contributed by atoms with van der Waals surface area (Å²) in [5.74, 6) is 0.485. The van der Waals surface area contributed by atoms with Crippen molar-refractivity contribution in [2.24, 2.45) is 0 Å². The highest BCUT2D eigenvalue weighted by Crippen LogP contribution is 2.24. The number of hydrogen-bond acceptors (Lipinski definition) is 6. The number of methoxy groups -OCH3 is 1. The zero-order valence-electron chi connectivity index (χ0n) is 15.0. The number of anilines is 1. The van der Waals surface area contributed by atoms with E-state index in [1.807, 2.05) is 12.1 Å². The molecule has 0 saturated heterocycles. The second-order valence-corrected chi connectivity index (χ2v) is 8.28. The lowest BCUT2D eigenvalue weighted by Gasteiger charge is -2.08. The molecule has 3 aromatic rings. The molecule has 2 aromatic carbocycles. The van der Waals surface area contributed by atoms with Crippen molar-refractivity contribution in [3.8, 4) is 17.0 Å². The van der Waals surface area contributed by atoms with Gasteiger partial charge in [0.1, 0.15) is 17.9 Å². The van der Waals surface area contributed by atoms with E-state index in [2.05, 4.69) is 15.3 Å². The van der Waals surface area contributed by atoms with E-state index in [-0.39, 0.29) is 21.3 Å². The minimum atomic E-state index is -3.56. The quantitative estimate of drug-likeness (QED) is 0.682. The van der Waals surface area contributed by atoms with E-state index in [1.165, 1.54) is 24.5 Å². The van der Waals surface area contributed by atoms with Crippen LogP contribution < -0.4 is 10.1 Å². The van der Waals surface area contributed by atoms with Gasteiger partial charge in [0.15, 0.2) is 9.84 Å². The SMILES string of the molecule is COc1ccc(-c2cc(NC(=O)c3ccc(Cl)c(S(C)(=O)=O)c3)ncn2)cc1. The van der Waals surface area contributed by atoms with Gasteiger partial charge in [-0.3, -0.25) is 4.79 Å². The third-order valence-electron chi connectivity index (χ3n) is 3.89. The fourth-order valence-corrected chi connectivity index (χ4v) is 3.76. The Morgan fingerprint density at radius 3 is 2.43 bits per heavy atom. The molecule has 28 heavy (non-hydrogen) atoms. The molecule has 0 bridgehead atoms. The average Bonchev–Trinajstić information content (AvgIpc) is 2.67. The number of carbonyl (C=O) groups excluding carboxylic acids is 1. The summed E-state index contributed by atoms with van der Waals surface area (Å²) in [4.78, 5) is 20.6. The smallest absolute Gasteiger partial charge is 0.256 e. The Morgan fingerprint density at radius 2 is 1.79 bits per heavy atom. The van der Waals surface area contributed by atoms with Crippen molar-refractivity contribution in [2.75, 3.05) is 18.7 Å². The molecule has 0 unspecified atom stereocenters. The van der Waals surface area contributed by atoms with Gasteiger partial charge in [0, 0.05) is 23.4 Å². The summed E-state index contributed by atoms with van der Waals surface area (Å²) in [6.07, 6.45) is 2.36. The first-order chi connectivity index (χ1) is 13.3. The Hall–Kier alpha value is -2.97. The summed E-state index contributed by atoms with van der Waals surface area (Å²) >= 11 is 5.92. The van der Waals surface area contributed by atoms with Gasteiger partial charge in [0.05, 0.1) is 22.7 Å². The van der Waals surface area contributed by atoms with Crippen LogP contribution in [0, 0.1) is 0 Å². The average molecular weight is 418 g/mol. The maximum Gasteiger partial charge on any atom is 0.256 e. The highest BCUT2D eigenvalue weighted by atomic mass is 35.5. The topological polar surface area (TPSA) is 98.2 Å². The predicted molar refractivity (Wildman–Crippen MR) is 107 cm³/mol. The van der Waals surface area contributed by atoms with Crippen molar-refractivity contribution < 1.29 is 17.9 Å². The Labute approximate surface area is 167 Å². The van der Waals surface area contributed by atoms with E-state index < -0.39 is 15.7 Å². The summed E-state index contributed by atoms with van der Waals surface area (Å²) in [5.41, 5.74) is 1.58. The highest BCUT2D eigenvalue weighted by Gasteiger charge is 2.16. The van der Waals surface area contributed by atoms with Crippen molar-refractivity contribution >= 4 is 33.2 Å².